The first kappa shape index (κ1) is 17.2. The molecule has 25 heavy (non-hydrogen) atoms. The van der Waals surface area contributed by atoms with Crippen LogP contribution in [0.15, 0.2) is 70.3 Å². The van der Waals surface area contributed by atoms with E-state index in [4.69, 9.17) is 4.74 Å². The van der Waals surface area contributed by atoms with Crippen molar-refractivity contribution in [2.24, 2.45) is 0 Å². The Morgan fingerprint density at radius 3 is 2.52 bits per heavy atom. The highest BCUT2D eigenvalue weighted by molar-refractivity contribution is 9.10. The summed E-state index contributed by atoms with van der Waals surface area (Å²) < 4.78 is 6.27. The molecular weight excluding hydrogens is 384 g/mol. The number of hydrogen-bond acceptors (Lipinski definition) is 3. The fourth-order valence-electron chi connectivity index (χ4n) is 2.71. The van der Waals surface area contributed by atoms with E-state index in [1.807, 2.05) is 54.6 Å². The molecule has 128 valence electrons. The fourth-order valence-corrected chi connectivity index (χ4v) is 3.22. The van der Waals surface area contributed by atoms with Crippen LogP contribution in [0.3, 0.4) is 0 Å². The van der Waals surface area contributed by atoms with E-state index in [2.05, 4.69) is 26.6 Å². The number of ether oxygens (including phenoxy) is 1. The number of halogens is 1. The Balaban J connectivity index is 1.87. The highest BCUT2D eigenvalue weighted by Crippen LogP contribution is 2.32. The van der Waals surface area contributed by atoms with E-state index in [9.17, 15) is 9.59 Å². The van der Waals surface area contributed by atoms with Crippen molar-refractivity contribution in [2.75, 3.05) is 0 Å². The summed E-state index contributed by atoms with van der Waals surface area (Å²) in [4.78, 5) is 24.6. The average Bonchev–Trinajstić information content (AvgIpc) is 2.60. The second-order valence-electron chi connectivity index (χ2n) is 5.65. The number of benzene rings is 2. The van der Waals surface area contributed by atoms with Crippen LogP contribution in [0.2, 0.25) is 0 Å². The van der Waals surface area contributed by atoms with Crippen LogP contribution in [0, 0.1) is 0 Å². The number of esters is 1. The monoisotopic (exact) mass is 400 g/mol. The molecule has 2 aromatic rings. The van der Waals surface area contributed by atoms with Gasteiger partial charge in [-0.2, -0.15) is 0 Å². The molecule has 0 unspecified atom stereocenters. The molecule has 2 amide bonds. The highest BCUT2D eigenvalue weighted by atomic mass is 79.9. The van der Waals surface area contributed by atoms with Crippen LogP contribution < -0.4 is 10.6 Å². The SMILES string of the molecule is CC1=C(C(=O)OCc2ccccc2)[C@H](c2ccccc2Br)NC(=O)N1. The third kappa shape index (κ3) is 3.91. The van der Waals surface area contributed by atoms with Crippen LogP contribution >= 0.6 is 15.9 Å². The molecule has 0 fully saturated rings. The van der Waals surface area contributed by atoms with Gasteiger partial charge >= 0.3 is 12.0 Å². The lowest BCUT2D eigenvalue weighted by molar-refractivity contribution is -0.140. The zero-order valence-corrected chi connectivity index (χ0v) is 15.2. The molecule has 0 aromatic heterocycles. The van der Waals surface area contributed by atoms with Gasteiger partial charge in [0.05, 0.1) is 11.6 Å². The minimum Gasteiger partial charge on any atom is -0.457 e. The van der Waals surface area contributed by atoms with Gasteiger partial charge in [0.15, 0.2) is 0 Å². The molecule has 5 nitrogen and oxygen atoms in total. The summed E-state index contributed by atoms with van der Waals surface area (Å²) in [6.45, 7) is 1.87. The Bertz CT molecular complexity index is 834. The number of hydrogen-bond donors (Lipinski definition) is 2. The molecule has 0 saturated carbocycles. The molecule has 6 heteroatoms. The Morgan fingerprint density at radius 1 is 1.12 bits per heavy atom. The van der Waals surface area contributed by atoms with Crippen molar-refractivity contribution in [3.63, 3.8) is 0 Å². The van der Waals surface area contributed by atoms with Crippen LogP contribution in [0.1, 0.15) is 24.1 Å². The van der Waals surface area contributed by atoms with Crippen molar-refractivity contribution in [3.8, 4) is 0 Å². The summed E-state index contributed by atoms with van der Waals surface area (Å²) in [5, 5.41) is 5.44. The van der Waals surface area contributed by atoms with Gasteiger partial charge in [-0.3, -0.25) is 0 Å². The van der Waals surface area contributed by atoms with Crippen molar-refractivity contribution in [1.29, 1.82) is 0 Å². The molecule has 1 aliphatic rings. The van der Waals surface area contributed by atoms with E-state index in [0.717, 1.165) is 15.6 Å². The molecular formula is C19H17BrN2O3. The lowest BCUT2D eigenvalue weighted by atomic mass is 9.95. The largest absolute Gasteiger partial charge is 0.457 e. The van der Waals surface area contributed by atoms with Gasteiger partial charge in [0.1, 0.15) is 6.61 Å². The molecule has 3 rings (SSSR count). The van der Waals surface area contributed by atoms with Crippen LogP contribution in [-0.2, 0) is 16.1 Å². The number of nitrogens with one attached hydrogen (secondary N) is 2. The number of amides is 2. The van der Waals surface area contributed by atoms with Crippen molar-refractivity contribution in [2.45, 2.75) is 19.6 Å². The molecule has 1 atom stereocenters. The van der Waals surface area contributed by atoms with Crippen LogP contribution in [0.5, 0.6) is 0 Å². The molecule has 0 saturated heterocycles. The number of carbonyl (C=O) groups excluding carboxylic acids is 2. The number of urea groups is 1. The van der Waals surface area contributed by atoms with Gasteiger partial charge < -0.3 is 15.4 Å². The standard InChI is InChI=1S/C19H17BrN2O3/c1-12-16(18(23)25-11-13-7-3-2-4-8-13)17(22-19(24)21-12)14-9-5-6-10-15(14)20/h2-10,17H,11H2,1H3,(H2,21,22,24)/t17-/m0/s1. The number of allylic oxidation sites excluding steroid dienone is 1. The van der Waals surface area contributed by atoms with Crippen LogP contribution in [0.4, 0.5) is 4.79 Å². The van der Waals surface area contributed by atoms with Crippen molar-refractivity contribution >= 4 is 27.9 Å². The first-order valence-corrected chi connectivity index (χ1v) is 8.59. The lowest BCUT2D eigenvalue weighted by Gasteiger charge is -2.28. The molecule has 2 N–H and O–H groups in total. The third-order valence-electron chi connectivity index (χ3n) is 3.92. The van der Waals surface area contributed by atoms with Gasteiger partial charge in [0, 0.05) is 10.2 Å². The normalized spacial score (nSPS) is 16.9. The van der Waals surface area contributed by atoms with Crippen molar-refractivity contribution in [3.05, 3.63) is 81.5 Å². The van der Waals surface area contributed by atoms with Crippen LogP contribution in [-0.4, -0.2) is 12.0 Å². The van der Waals surface area contributed by atoms with Gasteiger partial charge in [-0.1, -0.05) is 64.5 Å². The smallest absolute Gasteiger partial charge is 0.338 e. The number of rotatable bonds is 4. The summed E-state index contributed by atoms with van der Waals surface area (Å²) in [5.41, 5.74) is 2.58. The van der Waals surface area contributed by atoms with E-state index in [0.29, 0.717) is 11.3 Å². The van der Waals surface area contributed by atoms with E-state index < -0.39 is 12.0 Å². The topological polar surface area (TPSA) is 67.4 Å². The quantitative estimate of drug-likeness (QED) is 0.766. The zero-order valence-electron chi connectivity index (χ0n) is 13.6. The maximum Gasteiger partial charge on any atom is 0.338 e. The van der Waals surface area contributed by atoms with E-state index in [1.165, 1.54) is 0 Å². The molecule has 1 heterocycles. The van der Waals surface area contributed by atoms with E-state index in [-0.39, 0.29) is 12.6 Å². The predicted octanol–water partition coefficient (Wildman–Crippen LogP) is 3.82. The Kier molecular flexibility index (Phi) is 5.19. The summed E-state index contributed by atoms with van der Waals surface area (Å²) >= 11 is 3.48. The summed E-state index contributed by atoms with van der Waals surface area (Å²) in [5.74, 6) is -0.463. The maximum atomic E-state index is 12.7. The van der Waals surface area contributed by atoms with Crippen LogP contribution in [0.25, 0.3) is 0 Å². The van der Waals surface area contributed by atoms with Crippen molar-refractivity contribution in [1.82, 2.24) is 10.6 Å². The molecule has 0 aliphatic carbocycles. The van der Waals surface area contributed by atoms with Gasteiger partial charge in [-0.15, -0.1) is 0 Å². The van der Waals surface area contributed by atoms with Gasteiger partial charge in [-0.25, -0.2) is 9.59 Å². The summed E-state index contributed by atoms with van der Waals surface area (Å²) in [6, 6.07) is 16.0. The Labute approximate surface area is 154 Å². The molecule has 0 radical (unpaired) electrons. The van der Waals surface area contributed by atoms with E-state index in [1.54, 1.807) is 6.92 Å². The van der Waals surface area contributed by atoms with E-state index >= 15 is 0 Å². The molecule has 0 bridgehead atoms. The second-order valence-corrected chi connectivity index (χ2v) is 6.51. The molecule has 1 aliphatic heterocycles. The summed E-state index contributed by atoms with van der Waals surface area (Å²) in [7, 11) is 0. The fraction of sp³-hybridized carbons (Fsp3) is 0.158. The molecule has 2 aromatic carbocycles. The first-order chi connectivity index (χ1) is 12.1. The van der Waals surface area contributed by atoms with Gasteiger partial charge in [-0.05, 0) is 24.1 Å². The number of carbonyl (C=O) groups is 2. The minimum atomic E-state index is -0.576. The predicted molar refractivity (Wildman–Crippen MR) is 97.5 cm³/mol. The van der Waals surface area contributed by atoms with Gasteiger partial charge in [0.25, 0.3) is 0 Å². The third-order valence-corrected chi connectivity index (χ3v) is 4.64. The average molecular weight is 401 g/mol. The first-order valence-electron chi connectivity index (χ1n) is 7.80. The lowest BCUT2D eigenvalue weighted by Crippen LogP contribution is -2.45. The highest BCUT2D eigenvalue weighted by Gasteiger charge is 2.33. The van der Waals surface area contributed by atoms with Crippen molar-refractivity contribution < 1.29 is 14.3 Å². The maximum absolute atomic E-state index is 12.7. The second kappa shape index (κ2) is 7.53. The molecule has 0 spiro atoms. The van der Waals surface area contributed by atoms with Gasteiger partial charge in [0.2, 0.25) is 0 Å². The minimum absolute atomic E-state index is 0.174. The summed E-state index contributed by atoms with van der Waals surface area (Å²) in [6.07, 6.45) is 0. The Hall–Kier alpha value is -2.60. The Morgan fingerprint density at radius 2 is 1.80 bits per heavy atom. The zero-order chi connectivity index (χ0) is 17.8.